The molecule has 42 heavy (non-hydrogen) atoms. The van der Waals surface area contributed by atoms with Crippen molar-refractivity contribution in [3.8, 4) is 0 Å². The van der Waals surface area contributed by atoms with Crippen molar-refractivity contribution in [3.63, 3.8) is 0 Å². The first-order chi connectivity index (χ1) is 20.2. The molecule has 3 fully saturated rings. The first-order valence-corrected chi connectivity index (χ1v) is 16.2. The zero-order valence-corrected chi connectivity index (χ0v) is 26.4. The maximum absolute atomic E-state index is 14.7. The van der Waals surface area contributed by atoms with Crippen LogP contribution >= 0.6 is 27.7 Å². The lowest BCUT2D eigenvalue weighted by Crippen LogP contribution is -2.58. The second kappa shape index (κ2) is 12.5. The van der Waals surface area contributed by atoms with Crippen LogP contribution in [0.1, 0.15) is 33.1 Å². The number of ether oxygens (including phenoxy) is 1. The first-order valence-electron chi connectivity index (χ1n) is 14.4. The Morgan fingerprint density at radius 1 is 1.31 bits per heavy atom. The number of carbonyl (C=O) groups is 3. The Bertz CT molecular complexity index is 1370. The van der Waals surface area contributed by atoms with Crippen LogP contribution in [0.3, 0.4) is 0 Å². The van der Waals surface area contributed by atoms with Gasteiger partial charge >= 0.3 is 5.97 Å². The van der Waals surface area contributed by atoms with E-state index in [0.717, 1.165) is 11.9 Å². The van der Waals surface area contributed by atoms with Gasteiger partial charge in [-0.2, -0.15) is 0 Å². The van der Waals surface area contributed by atoms with Crippen LogP contribution in [0.2, 0.25) is 0 Å². The lowest BCUT2D eigenvalue weighted by atomic mass is 9.71. The molecule has 3 aliphatic heterocycles. The second-order valence-corrected chi connectivity index (χ2v) is 14.3. The van der Waals surface area contributed by atoms with Crippen molar-refractivity contribution in [2.24, 2.45) is 17.8 Å². The molecule has 7 atom stereocenters. The maximum atomic E-state index is 14.7. The fourth-order valence-corrected chi connectivity index (χ4v) is 10.4. The van der Waals surface area contributed by atoms with Gasteiger partial charge < -0.3 is 19.6 Å². The summed E-state index contributed by atoms with van der Waals surface area (Å²) in [4.78, 5) is 45.8. The Kier molecular flexibility index (Phi) is 9.15. The number of thioether (sulfide) groups is 1. The monoisotopic (exact) mass is 659 g/mol. The molecule has 5 rings (SSSR count). The molecule has 3 saturated heterocycles. The van der Waals surface area contributed by atoms with Crippen LogP contribution in [0, 0.1) is 17.8 Å². The SMILES string of the molecule is C=CCCCOC(=O)[C@H]1[C@H]2C(=O)N([C@@H](CO)C(C)C)C(C(=O)N(CC=C)Cn3nnc4ccccc43)C23CC(Br)[C@@H]1S3. The van der Waals surface area contributed by atoms with Crippen molar-refractivity contribution in [1.82, 2.24) is 24.8 Å². The highest BCUT2D eigenvalue weighted by Gasteiger charge is 2.76. The molecule has 2 bridgehead atoms. The average Bonchev–Trinajstić information content (AvgIpc) is 3.68. The van der Waals surface area contributed by atoms with E-state index in [-0.39, 0.29) is 54.2 Å². The minimum absolute atomic E-state index is 0.0775. The molecule has 12 heteroatoms. The van der Waals surface area contributed by atoms with E-state index in [4.69, 9.17) is 4.74 Å². The Morgan fingerprint density at radius 3 is 2.76 bits per heavy atom. The summed E-state index contributed by atoms with van der Waals surface area (Å²) in [6.07, 6.45) is 5.34. The number of amides is 2. The molecule has 1 aromatic carbocycles. The van der Waals surface area contributed by atoms with Crippen LogP contribution in [0.4, 0.5) is 0 Å². The van der Waals surface area contributed by atoms with E-state index in [1.165, 1.54) is 0 Å². The van der Waals surface area contributed by atoms with Gasteiger partial charge in [0.1, 0.15) is 18.2 Å². The number of carbonyl (C=O) groups excluding carboxylic acids is 3. The standard InChI is InChI=1S/C30H38BrN5O5S/c1-5-7-10-14-41-29(40)23-24-27(38)36(22(16-37)18(3)4)26(30(24)15-19(31)25(23)42-30)28(39)34(13-6-2)17-35-21-12-9-8-11-20(21)32-33-35/h5-6,8-9,11-12,18-19,22-26,37H,1-2,7,10,13-17H2,3-4H3/t19?,22-,23-,24-,25-,26?,30?/m0/s1. The average molecular weight is 661 g/mol. The highest BCUT2D eigenvalue weighted by molar-refractivity contribution is 9.09. The van der Waals surface area contributed by atoms with Crippen LogP contribution in [0.15, 0.2) is 49.6 Å². The molecule has 3 unspecified atom stereocenters. The van der Waals surface area contributed by atoms with Gasteiger partial charge in [0.15, 0.2) is 0 Å². The van der Waals surface area contributed by atoms with Gasteiger partial charge in [-0.05, 0) is 37.3 Å². The molecule has 10 nitrogen and oxygen atoms in total. The number of unbranched alkanes of at least 4 members (excludes halogenated alkanes) is 1. The van der Waals surface area contributed by atoms with Gasteiger partial charge in [0.2, 0.25) is 11.8 Å². The third-order valence-electron chi connectivity index (χ3n) is 8.73. The summed E-state index contributed by atoms with van der Waals surface area (Å²) in [6.45, 7) is 11.7. The van der Waals surface area contributed by atoms with E-state index in [1.54, 1.807) is 38.4 Å². The number of para-hydroxylation sites is 1. The third-order valence-corrected chi connectivity index (χ3v) is 11.9. The fraction of sp³-hybridized carbons (Fsp3) is 0.567. The number of nitrogens with zero attached hydrogens (tertiary/aromatic N) is 5. The van der Waals surface area contributed by atoms with Gasteiger partial charge in [-0.15, -0.1) is 30.0 Å². The number of alkyl halides is 1. The third kappa shape index (κ3) is 5.09. The molecule has 0 saturated carbocycles. The Labute approximate surface area is 258 Å². The van der Waals surface area contributed by atoms with Gasteiger partial charge in [0.25, 0.3) is 0 Å². The molecular weight excluding hydrogens is 622 g/mol. The Hall–Kier alpha value is -2.70. The molecule has 1 spiro atoms. The number of aliphatic hydroxyl groups is 1. The van der Waals surface area contributed by atoms with Crippen LogP contribution in [-0.4, -0.2) is 94.4 Å². The molecule has 226 valence electrons. The van der Waals surface area contributed by atoms with Crippen LogP contribution in [0.5, 0.6) is 0 Å². The zero-order chi connectivity index (χ0) is 30.2. The van der Waals surface area contributed by atoms with Crippen LogP contribution in [-0.2, 0) is 25.8 Å². The predicted molar refractivity (Wildman–Crippen MR) is 165 cm³/mol. The minimum Gasteiger partial charge on any atom is -0.465 e. The number of aliphatic hydroxyl groups excluding tert-OH is 1. The van der Waals surface area contributed by atoms with Crippen molar-refractivity contribution in [2.45, 2.75) is 66.7 Å². The van der Waals surface area contributed by atoms with Gasteiger partial charge in [0, 0.05) is 16.6 Å². The highest BCUT2D eigenvalue weighted by atomic mass is 79.9. The van der Waals surface area contributed by atoms with Crippen LogP contribution < -0.4 is 0 Å². The summed E-state index contributed by atoms with van der Waals surface area (Å²) in [7, 11) is 0. The summed E-state index contributed by atoms with van der Waals surface area (Å²) in [5, 5.41) is 18.8. The van der Waals surface area contributed by atoms with Crippen molar-refractivity contribution in [2.75, 3.05) is 19.8 Å². The van der Waals surface area contributed by atoms with E-state index in [2.05, 4.69) is 39.4 Å². The smallest absolute Gasteiger partial charge is 0.310 e. The van der Waals surface area contributed by atoms with Gasteiger partial charge in [0.05, 0.1) is 41.4 Å². The number of allylic oxidation sites excluding steroid dienone is 1. The topological polar surface area (TPSA) is 118 Å². The lowest BCUT2D eigenvalue weighted by molar-refractivity contribution is -0.154. The quantitative estimate of drug-likeness (QED) is 0.151. The van der Waals surface area contributed by atoms with Gasteiger partial charge in [-0.1, -0.05) is 59.3 Å². The second-order valence-electron chi connectivity index (χ2n) is 11.6. The van der Waals surface area contributed by atoms with Gasteiger partial charge in [-0.25, -0.2) is 4.68 Å². The molecule has 1 N–H and O–H groups in total. The molecule has 1 aromatic heterocycles. The van der Waals surface area contributed by atoms with E-state index in [1.807, 2.05) is 38.1 Å². The predicted octanol–water partition coefficient (Wildman–Crippen LogP) is 3.39. The normalized spacial score (nSPS) is 28.7. The van der Waals surface area contributed by atoms with Crippen molar-refractivity contribution in [3.05, 3.63) is 49.6 Å². The Morgan fingerprint density at radius 2 is 2.07 bits per heavy atom. The number of likely N-dealkylation sites (tertiary alicyclic amines) is 1. The van der Waals surface area contributed by atoms with Crippen molar-refractivity contribution < 1.29 is 24.2 Å². The zero-order valence-electron chi connectivity index (χ0n) is 24.0. The van der Waals surface area contributed by atoms with Crippen LogP contribution in [0.25, 0.3) is 11.0 Å². The number of rotatable bonds is 13. The fourth-order valence-electron chi connectivity index (χ4n) is 6.82. The number of esters is 1. The molecule has 0 aliphatic carbocycles. The number of fused-ring (bicyclic) bond motifs is 2. The molecule has 2 aromatic rings. The highest BCUT2D eigenvalue weighted by Crippen LogP contribution is 2.68. The number of hydrogen-bond donors (Lipinski definition) is 1. The number of hydrogen-bond acceptors (Lipinski definition) is 8. The van der Waals surface area contributed by atoms with E-state index >= 15 is 0 Å². The summed E-state index contributed by atoms with van der Waals surface area (Å²) >= 11 is 5.34. The summed E-state index contributed by atoms with van der Waals surface area (Å²) < 4.78 is 6.48. The number of halogens is 1. The lowest BCUT2D eigenvalue weighted by Gasteiger charge is -2.40. The van der Waals surface area contributed by atoms with Gasteiger partial charge in [-0.3, -0.25) is 14.4 Å². The molecule has 0 radical (unpaired) electrons. The summed E-state index contributed by atoms with van der Waals surface area (Å²) in [5.74, 6) is -2.49. The molecule has 2 amide bonds. The summed E-state index contributed by atoms with van der Waals surface area (Å²) in [6, 6.07) is 6.02. The van der Waals surface area contributed by atoms with Crippen molar-refractivity contribution in [1.29, 1.82) is 0 Å². The molecular formula is C30H38BrN5O5S. The Balaban J connectivity index is 1.53. The minimum atomic E-state index is -0.891. The first kappa shape index (κ1) is 30.7. The van der Waals surface area contributed by atoms with E-state index < -0.39 is 34.6 Å². The maximum Gasteiger partial charge on any atom is 0.310 e. The number of benzene rings is 1. The summed E-state index contributed by atoms with van der Waals surface area (Å²) in [5.41, 5.74) is 1.49. The van der Waals surface area contributed by atoms with E-state index in [0.29, 0.717) is 18.4 Å². The number of aromatic nitrogens is 3. The van der Waals surface area contributed by atoms with Crippen molar-refractivity contribution >= 4 is 56.5 Å². The molecule has 4 heterocycles. The molecule has 3 aliphatic rings. The largest absolute Gasteiger partial charge is 0.465 e. The van der Waals surface area contributed by atoms with E-state index in [9.17, 15) is 19.5 Å².